The van der Waals surface area contributed by atoms with Crippen molar-refractivity contribution < 1.29 is 9.18 Å². The van der Waals surface area contributed by atoms with Crippen LogP contribution in [0.5, 0.6) is 0 Å². The number of carbonyl (C=O) groups excluding carboxylic acids is 1. The molecule has 8 nitrogen and oxygen atoms in total. The van der Waals surface area contributed by atoms with E-state index in [4.69, 9.17) is 11.6 Å². The molecule has 0 unspecified atom stereocenters. The molecule has 0 aliphatic heterocycles. The van der Waals surface area contributed by atoms with E-state index < -0.39 is 5.82 Å². The van der Waals surface area contributed by atoms with Gasteiger partial charge in [0.15, 0.2) is 0 Å². The van der Waals surface area contributed by atoms with Crippen LogP contribution in [0.3, 0.4) is 0 Å². The summed E-state index contributed by atoms with van der Waals surface area (Å²) in [6.07, 6.45) is 5.26. The minimum atomic E-state index is -0.497. The predicted molar refractivity (Wildman–Crippen MR) is 117 cm³/mol. The van der Waals surface area contributed by atoms with Crippen LogP contribution < -0.4 is 16.0 Å². The Labute approximate surface area is 185 Å². The summed E-state index contributed by atoms with van der Waals surface area (Å²) in [6, 6.07) is 4.26. The minimum Gasteiger partial charge on any atom is -0.369 e. The summed E-state index contributed by atoms with van der Waals surface area (Å²) in [4.78, 5) is 28.7. The Kier molecular flexibility index (Phi) is 7.47. The summed E-state index contributed by atoms with van der Waals surface area (Å²) >= 11 is 9.18. The molecule has 0 spiro atoms. The molecule has 0 atom stereocenters. The summed E-state index contributed by atoms with van der Waals surface area (Å²) < 4.78 is 14.0. The maximum absolute atomic E-state index is 13.3. The second-order valence-corrected chi connectivity index (χ2v) is 7.48. The molecule has 3 N–H and O–H groups in total. The third kappa shape index (κ3) is 6.07. The van der Waals surface area contributed by atoms with E-state index in [1.165, 1.54) is 18.3 Å². The molecule has 2 heterocycles. The number of carbonyl (C=O) groups is 1. The molecule has 11 heteroatoms. The fourth-order valence-corrected chi connectivity index (χ4v) is 2.86. The van der Waals surface area contributed by atoms with Crippen LogP contribution in [0.25, 0.3) is 0 Å². The van der Waals surface area contributed by atoms with Gasteiger partial charge in [0.2, 0.25) is 5.95 Å². The predicted octanol–water partition coefficient (Wildman–Crippen LogP) is 4.11. The first-order valence-corrected chi connectivity index (χ1v) is 10.1. The number of hydrogen-bond donors (Lipinski definition) is 3. The molecule has 0 fully saturated rings. The molecule has 156 valence electrons. The fourth-order valence-electron chi connectivity index (χ4n) is 2.35. The lowest BCUT2D eigenvalue weighted by Crippen LogP contribution is -2.26. The highest BCUT2D eigenvalue weighted by atomic mass is 79.9. The molecule has 1 amide bonds. The number of benzene rings is 1. The quantitative estimate of drug-likeness (QED) is 0.405. The summed E-state index contributed by atoms with van der Waals surface area (Å²) in [6.45, 7) is 2.84. The summed E-state index contributed by atoms with van der Waals surface area (Å²) in [5.74, 6) is 0.143. The van der Waals surface area contributed by atoms with Gasteiger partial charge in [0.25, 0.3) is 5.91 Å². The number of anilines is 3. The Morgan fingerprint density at radius 2 is 2.00 bits per heavy atom. The van der Waals surface area contributed by atoms with E-state index >= 15 is 0 Å². The topological polar surface area (TPSA) is 105 Å². The number of nitrogens with one attached hydrogen (secondary N) is 3. The molecular formula is C19H18BrClFN7O. The van der Waals surface area contributed by atoms with Crippen LogP contribution in [-0.4, -0.2) is 38.9 Å². The van der Waals surface area contributed by atoms with Gasteiger partial charge in [-0.1, -0.05) is 11.6 Å². The Balaban J connectivity index is 1.49. The van der Waals surface area contributed by atoms with Crippen LogP contribution >= 0.6 is 27.5 Å². The Bertz CT molecular complexity index is 1040. The Hall–Kier alpha value is -2.85. The number of rotatable bonds is 8. The number of halogens is 3. The average molecular weight is 495 g/mol. The van der Waals surface area contributed by atoms with Gasteiger partial charge in [-0.25, -0.2) is 14.4 Å². The molecule has 0 aliphatic rings. The van der Waals surface area contributed by atoms with Gasteiger partial charge in [-0.15, -0.1) is 0 Å². The summed E-state index contributed by atoms with van der Waals surface area (Å²) in [5.41, 5.74) is 1.60. The zero-order chi connectivity index (χ0) is 21.5. The van der Waals surface area contributed by atoms with Gasteiger partial charge in [-0.3, -0.25) is 9.78 Å². The molecule has 0 bridgehead atoms. The van der Waals surface area contributed by atoms with Crippen molar-refractivity contribution in [2.75, 3.05) is 23.7 Å². The van der Waals surface area contributed by atoms with Crippen molar-refractivity contribution in [1.82, 2.24) is 25.3 Å². The zero-order valence-corrected chi connectivity index (χ0v) is 18.3. The molecule has 2 aromatic heterocycles. The summed E-state index contributed by atoms with van der Waals surface area (Å²) in [7, 11) is 0. The van der Waals surface area contributed by atoms with Crippen molar-refractivity contribution in [1.29, 1.82) is 0 Å². The van der Waals surface area contributed by atoms with Gasteiger partial charge >= 0.3 is 0 Å². The van der Waals surface area contributed by atoms with Crippen LogP contribution in [0, 0.1) is 12.7 Å². The van der Waals surface area contributed by atoms with E-state index in [1.807, 2.05) is 0 Å². The highest BCUT2D eigenvalue weighted by Crippen LogP contribution is 2.24. The highest BCUT2D eigenvalue weighted by Gasteiger charge is 2.08. The smallest absolute Gasteiger partial charge is 0.271 e. The number of aromatic nitrogens is 4. The van der Waals surface area contributed by atoms with Crippen molar-refractivity contribution in [2.24, 2.45) is 0 Å². The van der Waals surface area contributed by atoms with Crippen molar-refractivity contribution in [3.63, 3.8) is 0 Å². The molecule has 0 saturated heterocycles. The maximum Gasteiger partial charge on any atom is 0.271 e. The standard InChI is InChI=1S/C19H18BrClFN7O/c1-11-8-26-16(10-25-11)18(30)24-6-2-5-23-17-13(20)9-27-19(29-17)28-12-3-4-15(22)14(21)7-12/h3-4,7-10H,2,5-6H2,1H3,(H,24,30)(H2,23,27,28,29). The zero-order valence-electron chi connectivity index (χ0n) is 15.9. The van der Waals surface area contributed by atoms with E-state index in [0.717, 1.165) is 5.69 Å². The van der Waals surface area contributed by atoms with Gasteiger partial charge in [-0.05, 0) is 47.5 Å². The first-order chi connectivity index (χ1) is 14.4. The van der Waals surface area contributed by atoms with Crippen molar-refractivity contribution in [3.8, 4) is 0 Å². The van der Waals surface area contributed by atoms with Crippen LogP contribution in [0.4, 0.5) is 21.8 Å². The van der Waals surface area contributed by atoms with E-state index in [9.17, 15) is 9.18 Å². The molecule has 30 heavy (non-hydrogen) atoms. The van der Waals surface area contributed by atoms with Crippen molar-refractivity contribution in [2.45, 2.75) is 13.3 Å². The first kappa shape index (κ1) is 21.8. The van der Waals surface area contributed by atoms with Crippen LogP contribution in [0.15, 0.2) is 41.3 Å². The molecule has 0 radical (unpaired) electrons. The van der Waals surface area contributed by atoms with Gasteiger partial charge < -0.3 is 16.0 Å². The lowest BCUT2D eigenvalue weighted by molar-refractivity contribution is 0.0948. The third-order valence-electron chi connectivity index (χ3n) is 3.86. The molecule has 0 aliphatic carbocycles. The average Bonchev–Trinajstić information content (AvgIpc) is 2.73. The van der Waals surface area contributed by atoms with Crippen molar-refractivity contribution in [3.05, 3.63) is 63.5 Å². The first-order valence-electron chi connectivity index (χ1n) is 8.97. The van der Waals surface area contributed by atoms with Crippen molar-refractivity contribution >= 4 is 50.9 Å². The second kappa shape index (κ2) is 10.3. The normalized spacial score (nSPS) is 10.5. The monoisotopic (exact) mass is 493 g/mol. The maximum atomic E-state index is 13.3. The molecule has 1 aromatic carbocycles. The second-order valence-electron chi connectivity index (χ2n) is 6.22. The van der Waals surface area contributed by atoms with Gasteiger partial charge in [0.1, 0.15) is 17.3 Å². The van der Waals surface area contributed by atoms with Crippen LogP contribution in [0.2, 0.25) is 5.02 Å². The Morgan fingerprint density at radius 1 is 1.17 bits per heavy atom. The highest BCUT2D eigenvalue weighted by molar-refractivity contribution is 9.10. The molecule has 0 saturated carbocycles. The fraction of sp³-hybridized carbons (Fsp3) is 0.211. The van der Waals surface area contributed by atoms with Gasteiger partial charge in [0, 0.05) is 31.2 Å². The van der Waals surface area contributed by atoms with Gasteiger partial charge in [-0.2, -0.15) is 4.98 Å². The third-order valence-corrected chi connectivity index (χ3v) is 4.73. The van der Waals surface area contributed by atoms with E-state index in [-0.39, 0.29) is 16.6 Å². The summed E-state index contributed by atoms with van der Waals surface area (Å²) in [5, 5.41) is 8.95. The molecule has 3 rings (SSSR count). The minimum absolute atomic E-state index is 0.00845. The van der Waals surface area contributed by atoms with Crippen LogP contribution in [-0.2, 0) is 0 Å². The largest absolute Gasteiger partial charge is 0.369 e. The van der Waals surface area contributed by atoms with Crippen LogP contribution in [0.1, 0.15) is 22.6 Å². The van der Waals surface area contributed by atoms with E-state index in [1.54, 1.807) is 25.4 Å². The lowest BCUT2D eigenvalue weighted by atomic mass is 10.3. The Morgan fingerprint density at radius 3 is 2.73 bits per heavy atom. The van der Waals surface area contributed by atoms with E-state index in [0.29, 0.717) is 41.4 Å². The number of nitrogens with zero attached hydrogens (tertiary/aromatic N) is 4. The number of amides is 1. The number of hydrogen-bond acceptors (Lipinski definition) is 7. The van der Waals surface area contributed by atoms with Gasteiger partial charge in [0.05, 0.1) is 21.4 Å². The number of aryl methyl sites for hydroxylation is 1. The SMILES string of the molecule is Cc1cnc(C(=O)NCCCNc2nc(Nc3ccc(F)c(Cl)c3)ncc2Br)cn1. The lowest BCUT2D eigenvalue weighted by Gasteiger charge is -2.11. The molecule has 3 aromatic rings. The van der Waals surface area contributed by atoms with E-state index in [2.05, 4.69) is 51.8 Å². The molecular weight excluding hydrogens is 477 g/mol.